The highest BCUT2D eigenvalue weighted by Gasteiger charge is 2.21. The van der Waals surface area contributed by atoms with E-state index in [1.165, 1.54) is 12.8 Å². The summed E-state index contributed by atoms with van der Waals surface area (Å²) in [5.74, 6) is 1.46. The van der Waals surface area contributed by atoms with Crippen LogP contribution in [0.1, 0.15) is 18.7 Å². The standard InChI is InChI=1S/C11H13N5O2/c1-17-9-5-4-8(14-15-9)11-13-10(18-16-11)6-12-7-2-3-7/h4-5,7,12H,2-3,6H2,1H3. The van der Waals surface area contributed by atoms with Gasteiger partial charge in [0.05, 0.1) is 13.7 Å². The van der Waals surface area contributed by atoms with E-state index < -0.39 is 0 Å². The fourth-order valence-electron chi connectivity index (χ4n) is 1.50. The van der Waals surface area contributed by atoms with Crippen LogP contribution in [0.2, 0.25) is 0 Å². The molecule has 2 aromatic rings. The van der Waals surface area contributed by atoms with E-state index in [0.29, 0.717) is 35.9 Å². The molecule has 7 heteroatoms. The Hall–Kier alpha value is -2.02. The van der Waals surface area contributed by atoms with Crippen molar-refractivity contribution in [3.05, 3.63) is 18.0 Å². The SMILES string of the molecule is COc1ccc(-c2noc(CNC3CC3)n2)nn1. The highest BCUT2D eigenvalue weighted by molar-refractivity contribution is 5.47. The summed E-state index contributed by atoms with van der Waals surface area (Å²) >= 11 is 0. The van der Waals surface area contributed by atoms with Gasteiger partial charge in [-0.05, 0) is 18.9 Å². The van der Waals surface area contributed by atoms with Crippen LogP contribution in [0.15, 0.2) is 16.7 Å². The Labute approximate surface area is 104 Å². The van der Waals surface area contributed by atoms with E-state index in [9.17, 15) is 0 Å². The molecule has 3 rings (SSSR count). The van der Waals surface area contributed by atoms with Crippen LogP contribution in [-0.4, -0.2) is 33.5 Å². The minimum Gasteiger partial charge on any atom is -0.480 e. The predicted molar refractivity (Wildman–Crippen MR) is 61.7 cm³/mol. The molecule has 0 aromatic carbocycles. The van der Waals surface area contributed by atoms with Crippen molar-refractivity contribution in [2.45, 2.75) is 25.4 Å². The molecule has 0 spiro atoms. The van der Waals surface area contributed by atoms with Crippen molar-refractivity contribution < 1.29 is 9.26 Å². The number of rotatable bonds is 5. The molecule has 0 unspecified atom stereocenters. The number of aromatic nitrogens is 4. The predicted octanol–water partition coefficient (Wildman–Crippen LogP) is 0.787. The zero-order chi connectivity index (χ0) is 12.4. The van der Waals surface area contributed by atoms with Gasteiger partial charge >= 0.3 is 0 Å². The topological polar surface area (TPSA) is 86.0 Å². The Balaban J connectivity index is 1.70. The molecule has 0 radical (unpaired) electrons. The molecule has 0 atom stereocenters. The van der Waals surface area contributed by atoms with Crippen molar-refractivity contribution >= 4 is 0 Å². The summed E-state index contributed by atoms with van der Waals surface area (Å²) in [6.45, 7) is 0.598. The smallest absolute Gasteiger partial charge is 0.240 e. The zero-order valence-corrected chi connectivity index (χ0v) is 9.96. The van der Waals surface area contributed by atoms with E-state index >= 15 is 0 Å². The Kier molecular flexibility index (Phi) is 2.89. The molecule has 0 aliphatic heterocycles. The van der Waals surface area contributed by atoms with Crippen molar-refractivity contribution in [1.29, 1.82) is 0 Å². The summed E-state index contributed by atoms with van der Waals surface area (Å²) in [4.78, 5) is 4.25. The Bertz CT molecular complexity index is 520. The minimum absolute atomic E-state index is 0.442. The third kappa shape index (κ3) is 2.45. The fourth-order valence-corrected chi connectivity index (χ4v) is 1.50. The maximum atomic E-state index is 5.13. The maximum absolute atomic E-state index is 5.13. The molecule has 1 fully saturated rings. The van der Waals surface area contributed by atoms with Crippen molar-refractivity contribution in [1.82, 2.24) is 25.7 Å². The second-order valence-electron chi connectivity index (χ2n) is 4.13. The number of methoxy groups -OCH3 is 1. The summed E-state index contributed by atoms with van der Waals surface area (Å²) in [6.07, 6.45) is 2.45. The molecule has 0 saturated heterocycles. The van der Waals surface area contributed by atoms with E-state index in [1.807, 2.05) is 0 Å². The van der Waals surface area contributed by atoms with Crippen LogP contribution in [0, 0.1) is 0 Å². The first kappa shape index (κ1) is 11.1. The van der Waals surface area contributed by atoms with E-state index in [4.69, 9.17) is 9.26 Å². The molecule has 1 aliphatic rings. The van der Waals surface area contributed by atoms with Gasteiger partial charge in [0.15, 0.2) is 0 Å². The second kappa shape index (κ2) is 4.69. The number of hydrogen-bond donors (Lipinski definition) is 1. The average molecular weight is 247 g/mol. The monoisotopic (exact) mass is 247 g/mol. The summed E-state index contributed by atoms with van der Waals surface area (Å²) < 4.78 is 10.1. The average Bonchev–Trinajstić information content (AvgIpc) is 3.14. The quantitative estimate of drug-likeness (QED) is 0.835. The van der Waals surface area contributed by atoms with Crippen LogP contribution >= 0.6 is 0 Å². The van der Waals surface area contributed by atoms with Crippen LogP contribution in [-0.2, 0) is 6.54 Å². The number of nitrogens with zero attached hydrogens (tertiary/aromatic N) is 4. The zero-order valence-electron chi connectivity index (χ0n) is 9.96. The van der Waals surface area contributed by atoms with Gasteiger partial charge in [-0.25, -0.2) is 0 Å². The molecule has 2 heterocycles. The summed E-state index contributed by atoms with van der Waals surface area (Å²) in [6, 6.07) is 4.07. The molecule has 94 valence electrons. The lowest BCUT2D eigenvalue weighted by atomic mass is 10.4. The highest BCUT2D eigenvalue weighted by Crippen LogP contribution is 2.19. The lowest BCUT2D eigenvalue weighted by Crippen LogP contribution is -2.15. The van der Waals surface area contributed by atoms with Gasteiger partial charge in [-0.3, -0.25) is 0 Å². The minimum atomic E-state index is 0.442. The first-order chi connectivity index (χ1) is 8.85. The van der Waals surface area contributed by atoms with E-state index in [0.717, 1.165) is 0 Å². The van der Waals surface area contributed by atoms with Crippen molar-refractivity contribution in [3.8, 4) is 17.4 Å². The van der Waals surface area contributed by atoms with E-state index in [2.05, 4.69) is 25.7 Å². The molecule has 1 N–H and O–H groups in total. The van der Waals surface area contributed by atoms with Gasteiger partial charge in [-0.1, -0.05) is 5.16 Å². The molecule has 2 aromatic heterocycles. The van der Waals surface area contributed by atoms with E-state index in [-0.39, 0.29) is 0 Å². The van der Waals surface area contributed by atoms with Crippen LogP contribution in [0.5, 0.6) is 5.88 Å². The summed E-state index contributed by atoms with van der Waals surface area (Å²) in [5.41, 5.74) is 0.567. The van der Waals surface area contributed by atoms with Gasteiger partial charge in [0, 0.05) is 12.1 Å². The second-order valence-corrected chi connectivity index (χ2v) is 4.13. The molecule has 18 heavy (non-hydrogen) atoms. The van der Waals surface area contributed by atoms with Crippen molar-refractivity contribution in [2.75, 3.05) is 7.11 Å². The number of hydrogen-bond acceptors (Lipinski definition) is 7. The van der Waals surface area contributed by atoms with Crippen LogP contribution in [0.4, 0.5) is 0 Å². The Morgan fingerprint density at radius 2 is 2.28 bits per heavy atom. The molecular formula is C11H13N5O2. The van der Waals surface area contributed by atoms with Crippen LogP contribution < -0.4 is 10.1 Å². The van der Waals surface area contributed by atoms with Crippen molar-refractivity contribution in [3.63, 3.8) is 0 Å². The molecule has 7 nitrogen and oxygen atoms in total. The van der Waals surface area contributed by atoms with Gasteiger partial charge in [-0.2, -0.15) is 4.98 Å². The fraction of sp³-hybridized carbons (Fsp3) is 0.455. The maximum Gasteiger partial charge on any atom is 0.240 e. The Morgan fingerprint density at radius 1 is 1.39 bits per heavy atom. The van der Waals surface area contributed by atoms with Crippen LogP contribution in [0.3, 0.4) is 0 Å². The third-order valence-electron chi connectivity index (χ3n) is 2.67. The molecule has 1 saturated carbocycles. The van der Waals surface area contributed by atoms with Gasteiger partial charge in [0.1, 0.15) is 5.69 Å². The van der Waals surface area contributed by atoms with Gasteiger partial charge in [-0.15, -0.1) is 10.2 Å². The third-order valence-corrected chi connectivity index (χ3v) is 2.67. The first-order valence-corrected chi connectivity index (χ1v) is 5.79. The molecular weight excluding hydrogens is 234 g/mol. The van der Waals surface area contributed by atoms with Gasteiger partial charge in [0.25, 0.3) is 0 Å². The highest BCUT2D eigenvalue weighted by atomic mass is 16.5. The Morgan fingerprint density at radius 3 is 2.94 bits per heavy atom. The number of nitrogens with one attached hydrogen (secondary N) is 1. The number of ether oxygens (including phenoxy) is 1. The molecule has 0 amide bonds. The lowest BCUT2D eigenvalue weighted by Gasteiger charge is -1.96. The van der Waals surface area contributed by atoms with Crippen molar-refractivity contribution in [2.24, 2.45) is 0 Å². The lowest BCUT2D eigenvalue weighted by molar-refractivity contribution is 0.367. The van der Waals surface area contributed by atoms with Gasteiger partial charge in [0.2, 0.25) is 17.6 Å². The first-order valence-electron chi connectivity index (χ1n) is 5.79. The van der Waals surface area contributed by atoms with Crippen LogP contribution in [0.25, 0.3) is 11.5 Å². The molecule has 1 aliphatic carbocycles. The van der Waals surface area contributed by atoms with Gasteiger partial charge < -0.3 is 14.6 Å². The molecule has 0 bridgehead atoms. The van der Waals surface area contributed by atoms with E-state index in [1.54, 1.807) is 19.2 Å². The summed E-state index contributed by atoms with van der Waals surface area (Å²) in [7, 11) is 1.54. The largest absolute Gasteiger partial charge is 0.480 e. The normalized spacial score (nSPS) is 14.7. The summed E-state index contributed by atoms with van der Waals surface area (Å²) in [5, 5.41) is 15.0.